The molecule has 1 aromatic heterocycles. The minimum atomic E-state index is 0.658. The summed E-state index contributed by atoms with van der Waals surface area (Å²) in [6, 6.07) is 16.1. The van der Waals surface area contributed by atoms with Crippen LogP contribution in [-0.4, -0.2) is 18.6 Å². The summed E-state index contributed by atoms with van der Waals surface area (Å²) in [6.07, 6.45) is 2.80. The van der Waals surface area contributed by atoms with E-state index in [1.165, 1.54) is 0 Å². The number of aromatic nitrogens is 1. The Labute approximate surface area is 174 Å². The highest BCUT2D eigenvalue weighted by Gasteiger charge is 2.20. The summed E-state index contributed by atoms with van der Waals surface area (Å²) >= 11 is 13.1. The summed E-state index contributed by atoms with van der Waals surface area (Å²) in [4.78, 5) is 3.53. The number of nitrogens with two attached hydrogens (primary N) is 1. The maximum Gasteiger partial charge on any atom is 0.136 e. The highest BCUT2D eigenvalue weighted by atomic mass is 35.5. The van der Waals surface area contributed by atoms with E-state index in [-0.39, 0.29) is 0 Å². The molecule has 0 spiro atoms. The summed E-state index contributed by atoms with van der Waals surface area (Å²) in [6.45, 7) is 0.672. The number of fused-ring (bicyclic) bond motifs is 2. The second-order valence-corrected chi connectivity index (χ2v) is 7.69. The number of hydrogen-bond acceptors (Lipinski definition) is 2. The second kappa shape index (κ2) is 8.04. The molecule has 0 fully saturated rings. The fourth-order valence-electron chi connectivity index (χ4n) is 3.88. The van der Waals surface area contributed by atoms with E-state index in [4.69, 9.17) is 33.7 Å². The minimum absolute atomic E-state index is 0.658. The van der Waals surface area contributed by atoms with E-state index in [0.717, 1.165) is 63.5 Å². The Balaban J connectivity index is 2.00. The molecule has 28 heavy (non-hydrogen) atoms. The zero-order chi connectivity index (χ0) is 19.7. The first-order valence-electron chi connectivity index (χ1n) is 9.40. The maximum atomic E-state index is 6.58. The molecule has 3 N–H and O–H groups in total. The van der Waals surface area contributed by atoms with Crippen molar-refractivity contribution in [1.82, 2.24) is 4.98 Å². The molecular weight excluding hydrogens is 391 g/mol. The number of hydrogen-bond donors (Lipinski definition) is 2. The molecule has 5 heteroatoms. The number of rotatable bonds is 6. The van der Waals surface area contributed by atoms with Crippen molar-refractivity contribution in [2.45, 2.75) is 19.3 Å². The molecule has 0 atom stereocenters. The molecule has 1 heterocycles. The van der Waals surface area contributed by atoms with Crippen LogP contribution in [0.3, 0.4) is 0 Å². The summed E-state index contributed by atoms with van der Waals surface area (Å²) < 4.78 is 5.84. The molecule has 0 saturated heterocycles. The third-order valence-corrected chi connectivity index (χ3v) is 5.82. The summed E-state index contributed by atoms with van der Waals surface area (Å²) in [5.74, 6) is 0.844. The van der Waals surface area contributed by atoms with Gasteiger partial charge in [-0.05, 0) is 55.0 Å². The number of methoxy groups -OCH3 is 1. The topological polar surface area (TPSA) is 51.0 Å². The van der Waals surface area contributed by atoms with Crippen LogP contribution in [0, 0.1) is 0 Å². The third-order valence-electron chi connectivity index (χ3n) is 5.19. The smallest absolute Gasteiger partial charge is 0.136 e. The van der Waals surface area contributed by atoms with Gasteiger partial charge in [0.25, 0.3) is 0 Å². The van der Waals surface area contributed by atoms with Crippen molar-refractivity contribution in [1.29, 1.82) is 0 Å². The molecule has 144 valence electrons. The molecule has 0 aliphatic rings. The van der Waals surface area contributed by atoms with Crippen molar-refractivity contribution in [3.05, 3.63) is 64.1 Å². The van der Waals surface area contributed by atoms with Crippen molar-refractivity contribution < 1.29 is 4.74 Å². The van der Waals surface area contributed by atoms with Crippen LogP contribution in [0.5, 0.6) is 5.75 Å². The number of unbranched alkanes of at least 4 members (excludes halogenated alkanes) is 1. The normalized spacial score (nSPS) is 11.4. The lowest BCUT2D eigenvalue weighted by atomic mass is 9.97. The number of halogens is 2. The molecule has 4 rings (SSSR count). The molecule has 0 amide bonds. The van der Waals surface area contributed by atoms with Crippen LogP contribution >= 0.6 is 23.2 Å². The molecule has 0 saturated carbocycles. The average Bonchev–Trinajstić information content (AvgIpc) is 3.10. The van der Waals surface area contributed by atoms with Gasteiger partial charge in [-0.3, -0.25) is 0 Å². The van der Waals surface area contributed by atoms with E-state index < -0.39 is 0 Å². The van der Waals surface area contributed by atoms with E-state index in [2.05, 4.69) is 29.2 Å². The largest absolute Gasteiger partial charge is 0.495 e. The fourth-order valence-corrected chi connectivity index (χ4v) is 4.36. The maximum absolute atomic E-state index is 6.58. The van der Waals surface area contributed by atoms with Gasteiger partial charge in [-0.25, -0.2) is 0 Å². The molecule has 0 radical (unpaired) electrons. The van der Waals surface area contributed by atoms with Gasteiger partial charge >= 0.3 is 0 Å². The van der Waals surface area contributed by atoms with E-state index in [1.54, 1.807) is 7.11 Å². The number of H-pyrrole nitrogens is 1. The zero-order valence-electron chi connectivity index (χ0n) is 15.7. The standard InChI is InChI=1S/C23H22Cl2N2O/c1-28-23-15-7-3-2-6-14(15)9-10-17(23)21-16(8-4-5-13-26)20-18(24)11-12-19(25)22(20)27-21/h2-3,6-7,9-12,27H,4-5,8,13,26H2,1H3. The molecule has 0 unspecified atom stereocenters. The van der Waals surface area contributed by atoms with Crippen molar-refractivity contribution >= 4 is 44.9 Å². The number of aryl methyl sites for hydroxylation is 1. The van der Waals surface area contributed by atoms with Gasteiger partial charge < -0.3 is 15.5 Å². The Morgan fingerprint density at radius 3 is 2.54 bits per heavy atom. The first-order valence-corrected chi connectivity index (χ1v) is 10.2. The lowest BCUT2D eigenvalue weighted by molar-refractivity contribution is 0.421. The van der Waals surface area contributed by atoms with Crippen LogP contribution in [0.1, 0.15) is 18.4 Å². The van der Waals surface area contributed by atoms with Gasteiger partial charge in [-0.1, -0.05) is 53.5 Å². The van der Waals surface area contributed by atoms with Crippen LogP contribution in [0.25, 0.3) is 32.9 Å². The second-order valence-electron chi connectivity index (χ2n) is 6.87. The Hall–Kier alpha value is -2.20. The first-order chi connectivity index (χ1) is 13.7. The summed E-state index contributed by atoms with van der Waals surface area (Å²) in [5, 5.41) is 4.55. The molecule has 0 aliphatic heterocycles. The van der Waals surface area contributed by atoms with E-state index in [9.17, 15) is 0 Å². The van der Waals surface area contributed by atoms with Gasteiger partial charge in [0.05, 0.1) is 28.4 Å². The third kappa shape index (κ3) is 3.24. The molecule has 3 nitrogen and oxygen atoms in total. The highest BCUT2D eigenvalue weighted by molar-refractivity contribution is 6.40. The van der Waals surface area contributed by atoms with Crippen molar-refractivity contribution in [3.63, 3.8) is 0 Å². The number of aromatic amines is 1. The van der Waals surface area contributed by atoms with E-state index >= 15 is 0 Å². The number of ether oxygens (including phenoxy) is 1. The Morgan fingerprint density at radius 1 is 0.964 bits per heavy atom. The van der Waals surface area contributed by atoms with Gasteiger partial charge in [-0.2, -0.15) is 0 Å². The van der Waals surface area contributed by atoms with Crippen LogP contribution < -0.4 is 10.5 Å². The van der Waals surface area contributed by atoms with Gasteiger partial charge in [0.1, 0.15) is 5.75 Å². The van der Waals surface area contributed by atoms with Crippen molar-refractivity contribution in [3.8, 4) is 17.0 Å². The SMILES string of the molecule is COc1c(-c2[nH]c3c(Cl)ccc(Cl)c3c2CCCCN)ccc2ccccc12. The lowest BCUT2D eigenvalue weighted by Gasteiger charge is -2.13. The lowest BCUT2D eigenvalue weighted by Crippen LogP contribution is -1.99. The predicted molar refractivity (Wildman–Crippen MR) is 120 cm³/mol. The fraction of sp³-hybridized carbons (Fsp3) is 0.217. The van der Waals surface area contributed by atoms with E-state index in [0.29, 0.717) is 16.6 Å². The first kappa shape index (κ1) is 19.1. The molecular formula is C23H22Cl2N2O. The van der Waals surface area contributed by atoms with Crippen LogP contribution in [0.2, 0.25) is 10.0 Å². The predicted octanol–water partition coefficient (Wildman–Crippen LogP) is 6.58. The van der Waals surface area contributed by atoms with E-state index in [1.807, 2.05) is 24.3 Å². The van der Waals surface area contributed by atoms with Crippen LogP contribution in [-0.2, 0) is 6.42 Å². The highest BCUT2D eigenvalue weighted by Crippen LogP contribution is 2.43. The average molecular weight is 413 g/mol. The molecule has 3 aromatic carbocycles. The monoisotopic (exact) mass is 412 g/mol. The van der Waals surface area contributed by atoms with Gasteiger partial charge in [0, 0.05) is 16.3 Å². The Bertz CT molecular complexity index is 1150. The van der Waals surface area contributed by atoms with Crippen molar-refractivity contribution in [2.75, 3.05) is 13.7 Å². The number of nitrogens with one attached hydrogen (secondary N) is 1. The number of benzene rings is 3. The summed E-state index contributed by atoms with van der Waals surface area (Å²) in [7, 11) is 1.71. The van der Waals surface area contributed by atoms with Gasteiger partial charge in [0.15, 0.2) is 0 Å². The molecule has 0 aliphatic carbocycles. The minimum Gasteiger partial charge on any atom is -0.495 e. The van der Waals surface area contributed by atoms with Crippen molar-refractivity contribution in [2.24, 2.45) is 5.73 Å². The molecule has 4 aromatic rings. The molecule has 0 bridgehead atoms. The van der Waals surface area contributed by atoms with Crippen LogP contribution in [0.4, 0.5) is 0 Å². The van der Waals surface area contributed by atoms with Gasteiger partial charge in [-0.15, -0.1) is 0 Å². The zero-order valence-corrected chi connectivity index (χ0v) is 17.2. The van der Waals surface area contributed by atoms with Gasteiger partial charge in [0.2, 0.25) is 0 Å². The Kier molecular flexibility index (Phi) is 5.49. The Morgan fingerprint density at radius 2 is 1.75 bits per heavy atom. The quantitative estimate of drug-likeness (QED) is 0.351. The van der Waals surface area contributed by atoms with Crippen LogP contribution in [0.15, 0.2) is 48.5 Å². The summed E-state index contributed by atoms with van der Waals surface area (Å²) in [5.41, 5.74) is 9.75.